The third-order valence-electron chi connectivity index (χ3n) is 1.83. The van der Waals surface area contributed by atoms with Crippen molar-refractivity contribution in [2.75, 3.05) is 31.3 Å². The Balaban J connectivity index is 2.49. The zero-order valence-corrected chi connectivity index (χ0v) is 9.67. The molecule has 5 nitrogen and oxygen atoms in total. The topological polar surface area (TPSA) is 76.4 Å². The number of hydrogen-bond donors (Lipinski definition) is 3. The molecule has 0 aliphatic carbocycles. The Morgan fingerprint density at radius 3 is 2.94 bits per heavy atom. The first-order valence-electron chi connectivity index (χ1n) is 4.72. The van der Waals surface area contributed by atoms with Gasteiger partial charge in [-0.2, -0.15) is 0 Å². The highest BCUT2D eigenvalue weighted by Gasteiger charge is 2.04. The molecule has 0 spiro atoms. The predicted octanol–water partition coefficient (Wildman–Crippen LogP) is 1.69. The fraction of sp³-hybridized carbons (Fsp3) is 0.300. The van der Waals surface area contributed by atoms with Crippen LogP contribution < -0.4 is 16.4 Å². The van der Waals surface area contributed by atoms with Crippen LogP contribution in [0.4, 0.5) is 16.2 Å². The Morgan fingerprint density at radius 1 is 1.56 bits per heavy atom. The number of carbonyl (C=O) groups excluding carboxylic acids is 1. The van der Waals surface area contributed by atoms with Crippen molar-refractivity contribution >= 4 is 29.0 Å². The van der Waals surface area contributed by atoms with E-state index in [4.69, 9.17) is 22.1 Å². The highest BCUT2D eigenvalue weighted by molar-refractivity contribution is 6.34. The first-order valence-corrected chi connectivity index (χ1v) is 5.10. The van der Waals surface area contributed by atoms with Gasteiger partial charge in [0.15, 0.2) is 0 Å². The second kappa shape index (κ2) is 6.19. The van der Waals surface area contributed by atoms with Crippen LogP contribution in [0, 0.1) is 0 Å². The van der Waals surface area contributed by atoms with E-state index in [0.29, 0.717) is 29.5 Å². The quantitative estimate of drug-likeness (QED) is 0.556. The molecule has 1 aromatic carbocycles. The molecule has 0 atom stereocenters. The molecular weight excluding hydrogens is 230 g/mol. The van der Waals surface area contributed by atoms with E-state index in [0.717, 1.165) is 0 Å². The van der Waals surface area contributed by atoms with Gasteiger partial charge in [0.25, 0.3) is 0 Å². The first-order chi connectivity index (χ1) is 7.63. The molecule has 0 fully saturated rings. The highest BCUT2D eigenvalue weighted by atomic mass is 35.5. The Bertz CT molecular complexity index is 371. The van der Waals surface area contributed by atoms with Gasteiger partial charge in [-0.05, 0) is 18.2 Å². The van der Waals surface area contributed by atoms with Crippen molar-refractivity contribution in [2.45, 2.75) is 0 Å². The number of carbonyl (C=O) groups is 1. The molecule has 0 saturated heterocycles. The summed E-state index contributed by atoms with van der Waals surface area (Å²) in [4.78, 5) is 11.4. The summed E-state index contributed by atoms with van der Waals surface area (Å²) in [6.45, 7) is 0.901. The predicted molar refractivity (Wildman–Crippen MR) is 64.8 cm³/mol. The normalized spacial score (nSPS) is 9.88. The van der Waals surface area contributed by atoms with Crippen molar-refractivity contribution in [3.8, 4) is 0 Å². The maximum atomic E-state index is 11.4. The van der Waals surface area contributed by atoms with E-state index in [1.54, 1.807) is 25.3 Å². The van der Waals surface area contributed by atoms with E-state index < -0.39 is 0 Å². The summed E-state index contributed by atoms with van der Waals surface area (Å²) in [5, 5.41) is 5.62. The first kappa shape index (κ1) is 12.6. The summed E-state index contributed by atoms with van der Waals surface area (Å²) >= 11 is 5.89. The molecule has 1 aromatic rings. The minimum absolute atomic E-state index is 0.330. The van der Waals surface area contributed by atoms with Gasteiger partial charge < -0.3 is 21.1 Å². The molecule has 4 N–H and O–H groups in total. The standard InChI is InChI=1S/C10H14ClN3O2/c1-16-5-4-13-10(15)14-9-3-2-7(12)6-8(9)11/h2-3,6H,4-5,12H2,1H3,(H2,13,14,15). The third-order valence-corrected chi connectivity index (χ3v) is 2.15. The van der Waals surface area contributed by atoms with E-state index in [2.05, 4.69) is 10.6 Å². The SMILES string of the molecule is COCCNC(=O)Nc1ccc(N)cc1Cl. The van der Waals surface area contributed by atoms with E-state index in [9.17, 15) is 4.79 Å². The molecule has 6 heteroatoms. The fourth-order valence-corrected chi connectivity index (χ4v) is 1.30. The van der Waals surface area contributed by atoms with Crippen LogP contribution >= 0.6 is 11.6 Å². The highest BCUT2D eigenvalue weighted by Crippen LogP contribution is 2.23. The monoisotopic (exact) mass is 243 g/mol. The van der Waals surface area contributed by atoms with Crippen LogP contribution in [-0.4, -0.2) is 26.3 Å². The lowest BCUT2D eigenvalue weighted by molar-refractivity contribution is 0.198. The van der Waals surface area contributed by atoms with Gasteiger partial charge in [-0.1, -0.05) is 11.6 Å². The Labute approximate surface area is 98.9 Å². The third kappa shape index (κ3) is 3.96. The van der Waals surface area contributed by atoms with Crippen molar-refractivity contribution in [1.29, 1.82) is 0 Å². The number of hydrogen-bond acceptors (Lipinski definition) is 3. The van der Waals surface area contributed by atoms with Gasteiger partial charge >= 0.3 is 6.03 Å². The summed E-state index contributed by atoms with van der Waals surface area (Å²) in [5.74, 6) is 0. The minimum Gasteiger partial charge on any atom is -0.399 e. The van der Waals surface area contributed by atoms with E-state index in [1.165, 1.54) is 0 Å². The van der Waals surface area contributed by atoms with Crippen molar-refractivity contribution in [3.63, 3.8) is 0 Å². The number of benzene rings is 1. The number of rotatable bonds is 4. The molecule has 0 saturated carbocycles. The van der Waals surface area contributed by atoms with Crippen molar-refractivity contribution in [2.24, 2.45) is 0 Å². The number of methoxy groups -OCH3 is 1. The lowest BCUT2D eigenvalue weighted by Crippen LogP contribution is -2.31. The van der Waals surface area contributed by atoms with Gasteiger partial charge in [0, 0.05) is 19.3 Å². The maximum absolute atomic E-state index is 11.4. The van der Waals surface area contributed by atoms with Crippen LogP contribution in [0.2, 0.25) is 5.02 Å². The molecule has 88 valence electrons. The largest absolute Gasteiger partial charge is 0.399 e. The molecule has 0 unspecified atom stereocenters. The van der Waals surface area contributed by atoms with Gasteiger partial charge in [-0.3, -0.25) is 0 Å². The van der Waals surface area contributed by atoms with Crippen LogP contribution in [0.5, 0.6) is 0 Å². The van der Waals surface area contributed by atoms with E-state index in [-0.39, 0.29) is 6.03 Å². The number of urea groups is 1. The Kier molecular flexibility index (Phi) is 4.88. The van der Waals surface area contributed by atoms with Gasteiger partial charge in [0.2, 0.25) is 0 Å². The Hall–Kier alpha value is -1.46. The maximum Gasteiger partial charge on any atom is 0.319 e. The second-order valence-corrected chi connectivity index (χ2v) is 3.52. The molecule has 0 bridgehead atoms. The number of nitrogen functional groups attached to an aromatic ring is 1. The molecule has 0 aliphatic heterocycles. The Morgan fingerprint density at radius 2 is 2.31 bits per heavy atom. The van der Waals surface area contributed by atoms with Crippen LogP contribution in [0.3, 0.4) is 0 Å². The lowest BCUT2D eigenvalue weighted by Gasteiger charge is -2.08. The molecular formula is C10H14ClN3O2. The summed E-state index contributed by atoms with van der Waals surface area (Å²) in [7, 11) is 1.57. The number of amides is 2. The van der Waals surface area contributed by atoms with Crippen molar-refractivity contribution < 1.29 is 9.53 Å². The van der Waals surface area contributed by atoms with Gasteiger partial charge in [0.05, 0.1) is 17.3 Å². The number of nitrogens with one attached hydrogen (secondary N) is 2. The molecule has 0 aliphatic rings. The second-order valence-electron chi connectivity index (χ2n) is 3.11. The molecule has 0 heterocycles. The number of ether oxygens (including phenoxy) is 1. The molecule has 1 rings (SSSR count). The summed E-state index contributed by atoms with van der Waals surface area (Å²) in [6, 6.07) is 4.56. The number of anilines is 2. The summed E-state index contributed by atoms with van der Waals surface area (Å²) in [6.07, 6.45) is 0. The zero-order valence-electron chi connectivity index (χ0n) is 8.92. The molecule has 2 amide bonds. The average molecular weight is 244 g/mol. The molecule has 0 aromatic heterocycles. The van der Waals surface area contributed by atoms with Crippen LogP contribution in [0.1, 0.15) is 0 Å². The molecule has 0 radical (unpaired) electrons. The lowest BCUT2D eigenvalue weighted by atomic mass is 10.3. The smallest absolute Gasteiger partial charge is 0.319 e. The van der Waals surface area contributed by atoms with Crippen LogP contribution in [-0.2, 0) is 4.74 Å². The average Bonchev–Trinajstić information content (AvgIpc) is 2.23. The van der Waals surface area contributed by atoms with Crippen LogP contribution in [0.25, 0.3) is 0 Å². The van der Waals surface area contributed by atoms with Crippen molar-refractivity contribution in [1.82, 2.24) is 5.32 Å². The van der Waals surface area contributed by atoms with Gasteiger partial charge in [-0.25, -0.2) is 4.79 Å². The fourth-order valence-electron chi connectivity index (χ4n) is 1.07. The summed E-state index contributed by atoms with van der Waals surface area (Å²) in [5.41, 5.74) is 6.60. The number of nitrogens with two attached hydrogens (primary N) is 1. The minimum atomic E-state index is -0.330. The van der Waals surface area contributed by atoms with E-state index in [1.807, 2.05) is 0 Å². The van der Waals surface area contributed by atoms with Crippen molar-refractivity contribution in [3.05, 3.63) is 23.2 Å². The van der Waals surface area contributed by atoms with Gasteiger partial charge in [0.1, 0.15) is 0 Å². The van der Waals surface area contributed by atoms with Crippen LogP contribution in [0.15, 0.2) is 18.2 Å². The van der Waals surface area contributed by atoms with E-state index >= 15 is 0 Å². The number of halogens is 1. The molecule has 16 heavy (non-hydrogen) atoms. The van der Waals surface area contributed by atoms with Gasteiger partial charge in [-0.15, -0.1) is 0 Å². The summed E-state index contributed by atoms with van der Waals surface area (Å²) < 4.78 is 4.80. The zero-order chi connectivity index (χ0) is 12.0.